The topological polar surface area (TPSA) is 43.3 Å². The normalized spacial score (nSPS) is 10.9. The van der Waals surface area contributed by atoms with Gasteiger partial charge in [0, 0.05) is 22.6 Å². The first-order valence-corrected chi connectivity index (χ1v) is 9.31. The molecular formula is C23H25FN2O2. The van der Waals surface area contributed by atoms with Gasteiger partial charge in [-0.15, -0.1) is 0 Å². The third-order valence-electron chi connectivity index (χ3n) is 4.85. The first-order valence-electron chi connectivity index (χ1n) is 9.31. The minimum atomic E-state index is -0.274. The molecule has 28 heavy (non-hydrogen) atoms. The van der Waals surface area contributed by atoms with Crippen molar-refractivity contribution < 1.29 is 13.9 Å². The summed E-state index contributed by atoms with van der Waals surface area (Å²) in [5.74, 6) is 0.614. The van der Waals surface area contributed by atoms with Crippen molar-refractivity contribution in [1.82, 2.24) is 9.88 Å². The van der Waals surface area contributed by atoms with E-state index in [1.807, 2.05) is 48.7 Å². The van der Waals surface area contributed by atoms with E-state index in [9.17, 15) is 9.18 Å². The molecule has 0 aliphatic carbocycles. The van der Waals surface area contributed by atoms with E-state index in [-0.39, 0.29) is 18.1 Å². The number of ether oxygens (including phenoxy) is 1. The van der Waals surface area contributed by atoms with E-state index in [4.69, 9.17) is 4.74 Å². The second-order valence-electron chi connectivity index (χ2n) is 6.79. The van der Waals surface area contributed by atoms with E-state index in [0.717, 1.165) is 35.8 Å². The van der Waals surface area contributed by atoms with Gasteiger partial charge in [0.2, 0.25) is 0 Å². The van der Waals surface area contributed by atoms with Crippen LogP contribution in [0.5, 0.6) is 5.75 Å². The van der Waals surface area contributed by atoms with Crippen LogP contribution in [0, 0.1) is 19.7 Å². The van der Waals surface area contributed by atoms with Gasteiger partial charge in [-0.3, -0.25) is 4.79 Å². The third kappa shape index (κ3) is 4.49. The molecule has 0 atom stereocenters. The fourth-order valence-corrected chi connectivity index (χ4v) is 3.35. The van der Waals surface area contributed by atoms with Crippen molar-refractivity contribution in [2.24, 2.45) is 0 Å². The molecule has 5 heteroatoms. The molecule has 1 aromatic heterocycles. The van der Waals surface area contributed by atoms with Crippen LogP contribution < -0.4 is 10.1 Å². The van der Waals surface area contributed by atoms with Gasteiger partial charge in [0.25, 0.3) is 0 Å². The molecule has 1 N–H and O–H groups in total. The summed E-state index contributed by atoms with van der Waals surface area (Å²) in [5, 5.41) is 3.22. The lowest BCUT2D eigenvalue weighted by molar-refractivity contribution is 0.0991. The summed E-state index contributed by atoms with van der Waals surface area (Å²) in [7, 11) is 1.65. The molecule has 0 amide bonds. The van der Waals surface area contributed by atoms with E-state index in [1.165, 1.54) is 17.7 Å². The van der Waals surface area contributed by atoms with Gasteiger partial charge in [-0.2, -0.15) is 0 Å². The van der Waals surface area contributed by atoms with Crippen LogP contribution in [-0.2, 0) is 6.42 Å². The number of nitrogens with zero attached hydrogens (tertiary/aromatic N) is 1. The summed E-state index contributed by atoms with van der Waals surface area (Å²) in [6.07, 6.45) is 0.839. The van der Waals surface area contributed by atoms with Gasteiger partial charge in [0.1, 0.15) is 11.6 Å². The summed E-state index contributed by atoms with van der Waals surface area (Å²) in [4.78, 5) is 12.7. The van der Waals surface area contributed by atoms with Gasteiger partial charge in [-0.05, 0) is 74.8 Å². The van der Waals surface area contributed by atoms with Crippen LogP contribution >= 0.6 is 0 Å². The number of methoxy groups -OCH3 is 1. The number of Topliss-reactive ketones (excluding diaryl/α,β-unsaturated/α-hetero) is 1. The summed E-state index contributed by atoms with van der Waals surface area (Å²) >= 11 is 0. The van der Waals surface area contributed by atoms with Crippen LogP contribution in [0.15, 0.2) is 54.6 Å². The number of benzene rings is 2. The monoisotopic (exact) mass is 380 g/mol. The molecular weight excluding hydrogens is 355 g/mol. The smallest absolute Gasteiger partial charge is 0.178 e. The maximum Gasteiger partial charge on any atom is 0.178 e. The Hall–Kier alpha value is -2.92. The lowest BCUT2D eigenvalue weighted by Crippen LogP contribution is -2.25. The highest BCUT2D eigenvalue weighted by atomic mass is 19.1. The van der Waals surface area contributed by atoms with Gasteiger partial charge >= 0.3 is 0 Å². The molecule has 0 aliphatic heterocycles. The molecule has 0 saturated heterocycles. The van der Waals surface area contributed by atoms with E-state index in [1.54, 1.807) is 19.2 Å². The van der Waals surface area contributed by atoms with Crippen LogP contribution in [0.2, 0.25) is 0 Å². The van der Waals surface area contributed by atoms with E-state index < -0.39 is 0 Å². The average Bonchev–Trinajstić information content (AvgIpc) is 3.00. The number of nitrogens with one attached hydrogen (secondary N) is 1. The zero-order chi connectivity index (χ0) is 20.1. The fourth-order valence-electron chi connectivity index (χ4n) is 3.35. The Balaban J connectivity index is 1.60. The van der Waals surface area contributed by atoms with E-state index in [2.05, 4.69) is 5.32 Å². The van der Waals surface area contributed by atoms with Crippen molar-refractivity contribution in [3.63, 3.8) is 0 Å². The van der Waals surface area contributed by atoms with Gasteiger partial charge < -0.3 is 14.6 Å². The summed E-state index contributed by atoms with van der Waals surface area (Å²) in [6, 6.07) is 16.1. The maximum absolute atomic E-state index is 13.2. The van der Waals surface area contributed by atoms with Gasteiger partial charge in [-0.25, -0.2) is 4.39 Å². The highest BCUT2D eigenvalue weighted by Gasteiger charge is 2.16. The number of aromatic nitrogens is 1. The van der Waals surface area contributed by atoms with Crippen LogP contribution in [0.25, 0.3) is 5.69 Å². The van der Waals surface area contributed by atoms with Crippen molar-refractivity contribution >= 4 is 5.78 Å². The number of halogens is 1. The SMILES string of the molecule is COc1ccc(CCNCC(=O)c2cc(C)n(-c3ccc(F)cc3)c2C)cc1. The lowest BCUT2D eigenvalue weighted by atomic mass is 10.1. The number of carbonyl (C=O) groups excluding carboxylic acids is 1. The Kier molecular flexibility index (Phi) is 6.26. The van der Waals surface area contributed by atoms with E-state index >= 15 is 0 Å². The second-order valence-corrected chi connectivity index (χ2v) is 6.79. The zero-order valence-electron chi connectivity index (χ0n) is 16.5. The summed E-state index contributed by atoms with van der Waals surface area (Å²) in [5.41, 5.74) is 4.55. The molecule has 0 aliphatic rings. The van der Waals surface area contributed by atoms with Gasteiger partial charge in [-0.1, -0.05) is 12.1 Å². The largest absolute Gasteiger partial charge is 0.497 e. The Morgan fingerprint density at radius 3 is 2.39 bits per heavy atom. The molecule has 3 aromatic rings. The van der Waals surface area contributed by atoms with Crippen LogP contribution in [0.1, 0.15) is 27.3 Å². The average molecular weight is 380 g/mol. The molecule has 2 aromatic carbocycles. The van der Waals surface area contributed by atoms with Crippen molar-refractivity contribution in [3.05, 3.63) is 82.9 Å². The molecule has 1 heterocycles. The molecule has 0 unspecified atom stereocenters. The predicted molar refractivity (Wildman–Crippen MR) is 109 cm³/mol. The van der Waals surface area contributed by atoms with Gasteiger partial charge in [0.05, 0.1) is 13.7 Å². The molecule has 0 spiro atoms. The first-order chi connectivity index (χ1) is 13.5. The minimum Gasteiger partial charge on any atom is -0.497 e. The summed E-state index contributed by atoms with van der Waals surface area (Å²) < 4.78 is 20.3. The summed E-state index contributed by atoms with van der Waals surface area (Å²) in [6.45, 7) is 4.86. The number of hydrogen-bond acceptors (Lipinski definition) is 3. The second kappa shape index (κ2) is 8.85. The van der Waals surface area contributed by atoms with Crippen LogP contribution in [-0.4, -0.2) is 30.5 Å². The van der Waals surface area contributed by atoms with Crippen molar-refractivity contribution in [1.29, 1.82) is 0 Å². The number of aryl methyl sites for hydroxylation is 1. The Morgan fingerprint density at radius 1 is 1.07 bits per heavy atom. The molecule has 4 nitrogen and oxygen atoms in total. The quantitative estimate of drug-likeness (QED) is 0.469. The molecule has 3 rings (SSSR count). The number of rotatable bonds is 8. The van der Waals surface area contributed by atoms with E-state index in [0.29, 0.717) is 5.56 Å². The number of hydrogen-bond donors (Lipinski definition) is 1. The third-order valence-corrected chi connectivity index (χ3v) is 4.85. The first kappa shape index (κ1) is 19.8. The maximum atomic E-state index is 13.2. The highest BCUT2D eigenvalue weighted by Crippen LogP contribution is 2.21. The number of carbonyl (C=O) groups is 1. The molecule has 0 radical (unpaired) electrons. The molecule has 146 valence electrons. The Labute approximate surface area is 165 Å². The fraction of sp³-hybridized carbons (Fsp3) is 0.261. The van der Waals surface area contributed by atoms with Crippen molar-refractivity contribution in [3.8, 4) is 11.4 Å². The van der Waals surface area contributed by atoms with Crippen molar-refractivity contribution in [2.75, 3.05) is 20.2 Å². The Bertz CT molecular complexity index is 944. The molecule has 0 fully saturated rings. The highest BCUT2D eigenvalue weighted by molar-refractivity contribution is 5.99. The van der Waals surface area contributed by atoms with Crippen molar-refractivity contribution in [2.45, 2.75) is 20.3 Å². The van der Waals surface area contributed by atoms with Crippen LogP contribution in [0.3, 0.4) is 0 Å². The predicted octanol–water partition coefficient (Wildman–Crippen LogP) is 4.26. The standard InChI is InChI=1S/C23H25FN2O2/c1-16-14-22(17(2)26(16)20-8-6-19(24)7-9-20)23(27)15-25-13-12-18-4-10-21(28-3)11-5-18/h4-11,14,25H,12-13,15H2,1-3H3. The van der Waals surface area contributed by atoms with Crippen LogP contribution in [0.4, 0.5) is 4.39 Å². The van der Waals surface area contributed by atoms with Gasteiger partial charge in [0.15, 0.2) is 5.78 Å². The molecule has 0 bridgehead atoms. The molecule has 0 saturated carbocycles. The minimum absolute atomic E-state index is 0.0520. The zero-order valence-corrected chi connectivity index (χ0v) is 16.5. The number of ketones is 1. The lowest BCUT2D eigenvalue weighted by Gasteiger charge is -2.10. The Morgan fingerprint density at radius 2 is 1.75 bits per heavy atom.